The van der Waals surface area contributed by atoms with Crippen LogP contribution in [0.2, 0.25) is 0 Å². The lowest BCUT2D eigenvalue weighted by Gasteiger charge is -2.14. The van der Waals surface area contributed by atoms with E-state index in [9.17, 15) is 9.59 Å². The van der Waals surface area contributed by atoms with E-state index in [1.165, 1.54) is 17.5 Å². The van der Waals surface area contributed by atoms with Crippen molar-refractivity contribution in [2.45, 2.75) is 19.3 Å². The topological polar surface area (TPSA) is 62.6 Å². The van der Waals surface area contributed by atoms with Crippen LogP contribution in [0.3, 0.4) is 0 Å². The van der Waals surface area contributed by atoms with Crippen LogP contribution in [0, 0.1) is 0 Å². The van der Waals surface area contributed by atoms with Crippen molar-refractivity contribution < 1.29 is 14.5 Å². The molecule has 0 saturated carbocycles. The summed E-state index contributed by atoms with van der Waals surface area (Å²) in [5.74, 6) is -0.214. The van der Waals surface area contributed by atoms with E-state index < -0.39 is 0 Å². The van der Waals surface area contributed by atoms with Gasteiger partial charge in [0.15, 0.2) is 13.1 Å². The van der Waals surface area contributed by atoms with Gasteiger partial charge in [-0.15, -0.1) is 0 Å². The third-order valence-corrected chi connectivity index (χ3v) is 5.15. The Morgan fingerprint density at radius 1 is 1.00 bits per heavy atom. The fraction of sp³-hybridized carbons (Fsp3) is 0.300. The third-order valence-electron chi connectivity index (χ3n) is 4.45. The number of rotatable bonds is 6. The number of para-hydroxylation sites is 1. The molecule has 0 aromatic heterocycles. The molecule has 0 aliphatic heterocycles. The number of quaternary nitrogens is 1. The fourth-order valence-corrected chi connectivity index (χ4v) is 3.61. The molecule has 2 amide bonds. The lowest BCUT2D eigenvalue weighted by Crippen LogP contribution is -3.11. The summed E-state index contributed by atoms with van der Waals surface area (Å²) in [4.78, 5) is 25.2. The molecule has 0 spiro atoms. The molecule has 136 valence electrons. The molecular formula is C20H23BrN3O2+. The molecule has 6 heteroatoms. The van der Waals surface area contributed by atoms with Crippen LogP contribution >= 0.6 is 15.9 Å². The summed E-state index contributed by atoms with van der Waals surface area (Å²) in [6.07, 6.45) is 3.40. The number of benzene rings is 2. The van der Waals surface area contributed by atoms with Crippen LogP contribution in [-0.4, -0.2) is 32.0 Å². The fourth-order valence-electron chi connectivity index (χ4n) is 3.22. The normalized spacial score (nSPS) is 13.8. The summed E-state index contributed by atoms with van der Waals surface area (Å²) in [6.45, 7) is 0.458. The maximum atomic E-state index is 12.2. The minimum absolute atomic E-state index is 0.0888. The van der Waals surface area contributed by atoms with Crippen LogP contribution in [0.15, 0.2) is 46.9 Å². The number of amides is 2. The second-order valence-corrected chi connectivity index (χ2v) is 7.58. The molecule has 0 heterocycles. The van der Waals surface area contributed by atoms with Gasteiger partial charge in [0.1, 0.15) is 0 Å². The standard InChI is InChI=1S/C20H22BrN3O2/c1-24(13-20(26)23-18-8-3-2-7-17(18)21)12-19(25)22-16-10-9-14-5-4-6-15(14)11-16/h2-3,7-11H,4-6,12-13H2,1H3,(H,22,25)(H,23,26)/p+1. The van der Waals surface area contributed by atoms with Crippen molar-refractivity contribution in [2.75, 3.05) is 30.8 Å². The molecule has 3 N–H and O–H groups in total. The number of anilines is 2. The van der Waals surface area contributed by atoms with E-state index in [1.54, 1.807) is 0 Å². The summed E-state index contributed by atoms with van der Waals surface area (Å²) < 4.78 is 0.834. The number of hydrogen-bond acceptors (Lipinski definition) is 2. The SMILES string of the molecule is C[NH+](CC(=O)Nc1ccc2c(c1)CCC2)CC(=O)Nc1ccccc1Br. The molecular weight excluding hydrogens is 394 g/mol. The van der Waals surface area contributed by atoms with Gasteiger partial charge in [0.25, 0.3) is 11.8 Å². The Morgan fingerprint density at radius 2 is 1.69 bits per heavy atom. The zero-order valence-electron chi connectivity index (χ0n) is 14.8. The molecule has 0 radical (unpaired) electrons. The number of carbonyl (C=O) groups is 2. The quantitative estimate of drug-likeness (QED) is 0.674. The zero-order chi connectivity index (χ0) is 18.5. The van der Waals surface area contributed by atoms with Gasteiger partial charge in [-0.2, -0.15) is 0 Å². The minimum Gasteiger partial charge on any atom is -0.322 e. The van der Waals surface area contributed by atoms with E-state index in [4.69, 9.17) is 0 Å². The van der Waals surface area contributed by atoms with Crippen molar-refractivity contribution in [3.63, 3.8) is 0 Å². The minimum atomic E-state index is -0.125. The number of hydrogen-bond donors (Lipinski definition) is 3. The monoisotopic (exact) mass is 416 g/mol. The van der Waals surface area contributed by atoms with Gasteiger partial charge in [-0.25, -0.2) is 0 Å². The van der Waals surface area contributed by atoms with Gasteiger partial charge >= 0.3 is 0 Å². The van der Waals surface area contributed by atoms with E-state index in [0.29, 0.717) is 0 Å². The maximum Gasteiger partial charge on any atom is 0.279 e. The summed E-state index contributed by atoms with van der Waals surface area (Å²) in [5, 5.41) is 5.79. The van der Waals surface area contributed by atoms with E-state index in [1.807, 2.05) is 37.4 Å². The summed E-state index contributed by atoms with van der Waals surface area (Å²) >= 11 is 3.40. The molecule has 2 aromatic rings. The van der Waals surface area contributed by atoms with Gasteiger partial charge in [0.2, 0.25) is 0 Å². The Morgan fingerprint density at radius 3 is 2.46 bits per heavy atom. The average Bonchev–Trinajstić information content (AvgIpc) is 3.04. The highest BCUT2D eigenvalue weighted by Crippen LogP contribution is 2.24. The molecule has 0 fully saturated rings. The van der Waals surface area contributed by atoms with Crippen molar-refractivity contribution in [1.29, 1.82) is 0 Å². The number of likely N-dealkylation sites (N-methyl/N-ethyl adjacent to an activating group) is 1. The first kappa shape index (κ1) is 18.6. The molecule has 26 heavy (non-hydrogen) atoms. The predicted octanol–water partition coefficient (Wildman–Crippen LogP) is 2.03. The van der Waals surface area contributed by atoms with Crippen molar-refractivity contribution in [1.82, 2.24) is 0 Å². The van der Waals surface area contributed by atoms with E-state index >= 15 is 0 Å². The molecule has 1 aliphatic rings. The van der Waals surface area contributed by atoms with Gasteiger partial charge in [-0.1, -0.05) is 18.2 Å². The van der Waals surface area contributed by atoms with Crippen LogP contribution in [0.1, 0.15) is 17.5 Å². The molecule has 2 aromatic carbocycles. The number of halogens is 1. The van der Waals surface area contributed by atoms with E-state index in [0.717, 1.165) is 33.6 Å². The van der Waals surface area contributed by atoms with Crippen LogP contribution in [0.25, 0.3) is 0 Å². The van der Waals surface area contributed by atoms with Crippen molar-refractivity contribution in [3.8, 4) is 0 Å². The lowest BCUT2D eigenvalue weighted by molar-refractivity contribution is -0.862. The number of carbonyl (C=O) groups excluding carboxylic acids is 2. The highest BCUT2D eigenvalue weighted by molar-refractivity contribution is 9.10. The Labute approximate surface area is 161 Å². The Kier molecular flexibility index (Phi) is 6.06. The first-order valence-corrected chi connectivity index (χ1v) is 9.58. The van der Waals surface area contributed by atoms with Crippen molar-refractivity contribution >= 4 is 39.1 Å². The molecule has 1 unspecified atom stereocenters. The highest BCUT2D eigenvalue weighted by atomic mass is 79.9. The van der Waals surface area contributed by atoms with Crippen molar-refractivity contribution in [2.24, 2.45) is 0 Å². The van der Waals surface area contributed by atoms with Gasteiger partial charge in [0.05, 0.1) is 12.7 Å². The number of nitrogens with one attached hydrogen (secondary N) is 3. The molecule has 1 atom stereocenters. The summed E-state index contributed by atoms with van der Waals surface area (Å²) in [7, 11) is 1.84. The van der Waals surface area contributed by atoms with Gasteiger partial charge in [-0.05, 0) is 70.6 Å². The number of fused-ring (bicyclic) bond motifs is 1. The first-order valence-electron chi connectivity index (χ1n) is 8.78. The van der Waals surface area contributed by atoms with Crippen molar-refractivity contribution in [3.05, 3.63) is 58.1 Å². The Bertz CT molecular complexity index is 822. The van der Waals surface area contributed by atoms with Gasteiger partial charge in [-0.3, -0.25) is 9.59 Å². The third kappa shape index (κ3) is 4.93. The molecule has 0 bridgehead atoms. The van der Waals surface area contributed by atoms with Crippen LogP contribution in [-0.2, 0) is 22.4 Å². The maximum absolute atomic E-state index is 12.2. The second-order valence-electron chi connectivity index (χ2n) is 6.72. The zero-order valence-corrected chi connectivity index (χ0v) is 16.4. The molecule has 5 nitrogen and oxygen atoms in total. The van der Waals surface area contributed by atoms with Crippen LogP contribution in [0.5, 0.6) is 0 Å². The molecule has 1 aliphatic carbocycles. The second kappa shape index (κ2) is 8.47. The lowest BCUT2D eigenvalue weighted by atomic mass is 10.1. The van der Waals surface area contributed by atoms with Gasteiger partial charge in [0, 0.05) is 10.2 Å². The predicted molar refractivity (Wildman–Crippen MR) is 106 cm³/mol. The van der Waals surface area contributed by atoms with E-state index in [-0.39, 0.29) is 24.9 Å². The Hall–Kier alpha value is -2.18. The number of aryl methyl sites for hydroxylation is 2. The Balaban J connectivity index is 1.48. The molecule has 3 rings (SSSR count). The molecule has 0 saturated heterocycles. The highest BCUT2D eigenvalue weighted by Gasteiger charge is 2.16. The summed E-state index contributed by atoms with van der Waals surface area (Å²) in [5.41, 5.74) is 4.28. The van der Waals surface area contributed by atoms with E-state index in [2.05, 4.69) is 38.7 Å². The average molecular weight is 417 g/mol. The van der Waals surface area contributed by atoms with Gasteiger partial charge < -0.3 is 15.5 Å². The van der Waals surface area contributed by atoms with Crippen LogP contribution in [0.4, 0.5) is 11.4 Å². The van der Waals surface area contributed by atoms with Crippen LogP contribution < -0.4 is 15.5 Å². The largest absolute Gasteiger partial charge is 0.322 e. The first-order chi connectivity index (χ1) is 12.5. The summed E-state index contributed by atoms with van der Waals surface area (Å²) in [6, 6.07) is 13.6. The smallest absolute Gasteiger partial charge is 0.279 e.